The minimum Gasteiger partial charge on any atom is -0.347 e. The van der Waals surface area contributed by atoms with Gasteiger partial charge in [-0.05, 0) is 56.1 Å². The Morgan fingerprint density at radius 2 is 1.90 bits per heavy atom. The first-order valence-corrected chi connectivity index (χ1v) is 10.8. The molecule has 0 unspecified atom stereocenters. The highest BCUT2D eigenvalue weighted by atomic mass is 16.2. The van der Waals surface area contributed by atoms with Crippen LogP contribution in [0.4, 0.5) is 0 Å². The lowest BCUT2D eigenvalue weighted by Gasteiger charge is -2.30. The molecule has 154 valence electrons. The molecule has 4 rings (SSSR count). The van der Waals surface area contributed by atoms with E-state index in [4.69, 9.17) is 0 Å². The zero-order valence-corrected chi connectivity index (χ0v) is 17.4. The van der Waals surface area contributed by atoms with Gasteiger partial charge < -0.3 is 14.8 Å². The van der Waals surface area contributed by atoms with E-state index >= 15 is 0 Å². The quantitative estimate of drug-likeness (QED) is 0.865. The van der Waals surface area contributed by atoms with E-state index in [9.17, 15) is 9.59 Å². The van der Waals surface area contributed by atoms with Gasteiger partial charge in [0.05, 0.1) is 5.69 Å². The minimum absolute atomic E-state index is 0.0296. The van der Waals surface area contributed by atoms with E-state index in [1.54, 1.807) is 0 Å². The van der Waals surface area contributed by atoms with Crippen molar-refractivity contribution in [3.8, 4) is 0 Å². The average Bonchev–Trinajstić information content (AvgIpc) is 3.13. The molecule has 1 aromatic carbocycles. The summed E-state index contributed by atoms with van der Waals surface area (Å²) in [6.45, 7) is 7.05. The largest absolute Gasteiger partial charge is 0.347 e. The summed E-state index contributed by atoms with van der Waals surface area (Å²) >= 11 is 0. The van der Waals surface area contributed by atoms with Gasteiger partial charge in [0.15, 0.2) is 5.82 Å². The molecular weight excluding hydrogens is 364 g/mol. The van der Waals surface area contributed by atoms with Crippen LogP contribution in [-0.4, -0.2) is 39.4 Å². The number of hydrogen-bond donors (Lipinski definition) is 1. The number of hydrogen-bond acceptors (Lipinski definition) is 3. The van der Waals surface area contributed by atoms with E-state index in [1.807, 2.05) is 40.7 Å². The van der Waals surface area contributed by atoms with E-state index in [1.165, 1.54) is 0 Å². The zero-order chi connectivity index (χ0) is 20.4. The van der Waals surface area contributed by atoms with Crippen LogP contribution in [0.15, 0.2) is 24.3 Å². The molecule has 3 heterocycles. The molecule has 6 heteroatoms. The lowest BCUT2D eigenvalue weighted by molar-refractivity contribution is 0.0678. The summed E-state index contributed by atoms with van der Waals surface area (Å²) in [6, 6.07) is 8.02. The Balaban J connectivity index is 1.55. The van der Waals surface area contributed by atoms with E-state index < -0.39 is 0 Å². The van der Waals surface area contributed by atoms with Crippen molar-refractivity contribution in [1.82, 2.24) is 19.8 Å². The molecule has 0 atom stereocenters. The van der Waals surface area contributed by atoms with Crippen LogP contribution in [0, 0.1) is 12.8 Å². The predicted molar refractivity (Wildman–Crippen MR) is 112 cm³/mol. The van der Waals surface area contributed by atoms with E-state index in [0.29, 0.717) is 24.0 Å². The smallest absolute Gasteiger partial charge is 0.289 e. The molecule has 2 aromatic rings. The summed E-state index contributed by atoms with van der Waals surface area (Å²) < 4.78 is 1.99. The number of benzene rings is 1. The first-order valence-electron chi connectivity index (χ1n) is 10.8. The number of carbonyl (C=O) groups is 2. The van der Waals surface area contributed by atoms with Crippen LogP contribution < -0.4 is 5.32 Å². The lowest BCUT2D eigenvalue weighted by Crippen LogP contribution is -2.39. The number of nitrogens with zero attached hydrogens (tertiary/aromatic N) is 3. The number of imidazole rings is 1. The van der Waals surface area contributed by atoms with Gasteiger partial charge in [-0.25, -0.2) is 4.98 Å². The van der Waals surface area contributed by atoms with Crippen molar-refractivity contribution in [2.24, 2.45) is 5.92 Å². The maximum absolute atomic E-state index is 13.1. The van der Waals surface area contributed by atoms with Crippen molar-refractivity contribution in [2.45, 2.75) is 59.0 Å². The second-order valence-electron chi connectivity index (χ2n) is 8.42. The van der Waals surface area contributed by atoms with Crippen LogP contribution in [0.25, 0.3) is 0 Å². The third-order valence-electron chi connectivity index (χ3n) is 6.30. The van der Waals surface area contributed by atoms with Gasteiger partial charge in [-0.15, -0.1) is 0 Å². The molecule has 0 spiro atoms. The fourth-order valence-electron chi connectivity index (χ4n) is 4.31. The molecule has 2 aliphatic rings. The fourth-order valence-corrected chi connectivity index (χ4v) is 4.31. The summed E-state index contributed by atoms with van der Waals surface area (Å²) in [5.41, 5.74) is 3.57. The lowest BCUT2D eigenvalue weighted by atomic mass is 9.99. The van der Waals surface area contributed by atoms with Crippen molar-refractivity contribution >= 4 is 11.8 Å². The van der Waals surface area contributed by atoms with Crippen LogP contribution in [0.5, 0.6) is 0 Å². The Kier molecular flexibility index (Phi) is 5.69. The molecule has 0 aliphatic carbocycles. The Hall–Kier alpha value is -2.63. The molecule has 0 radical (unpaired) electrons. The van der Waals surface area contributed by atoms with Crippen LogP contribution in [0.2, 0.25) is 0 Å². The molecule has 29 heavy (non-hydrogen) atoms. The van der Waals surface area contributed by atoms with Crippen molar-refractivity contribution in [3.05, 3.63) is 52.6 Å². The molecule has 0 saturated carbocycles. The minimum atomic E-state index is -0.190. The number of rotatable bonds is 4. The Bertz CT molecular complexity index is 910. The van der Waals surface area contributed by atoms with E-state index in [-0.39, 0.29) is 11.8 Å². The monoisotopic (exact) mass is 394 g/mol. The van der Waals surface area contributed by atoms with Gasteiger partial charge in [0.25, 0.3) is 11.8 Å². The van der Waals surface area contributed by atoms with Gasteiger partial charge >= 0.3 is 0 Å². The van der Waals surface area contributed by atoms with Crippen molar-refractivity contribution in [1.29, 1.82) is 0 Å². The third kappa shape index (κ3) is 4.07. The van der Waals surface area contributed by atoms with Gasteiger partial charge in [0, 0.05) is 26.2 Å². The first kappa shape index (κ1) is 19.7. The molecule has 0 bridgehead atoms. The van der Waals surface area contributed by atoms with Crippen LogP contribution in [-0.2, 0) is 19.5 Å². The van der Waals surface area contributed by atoms with Gasteiger partial charge in [-0.3, -0.25) is 9.59 Å². The number of amides is 2. The number of aryl methyl sites for hydroxylation is 1. The topological polar surface area (TPSA) is 67.2 Å². The number of aromatic nitrogens is 2. The number of fused-ring (bicyclic) bond motifs is 1. The predicted octanol–water partition coefficient (Wildman–Crippen LogP) is 3.33. The molecular formula is C23H30N4O2. The standard InChI is InChI=1S/C23H30N4O2/c1-16-10-13-26(14-11-16)23(29)21-25-20(19-9-5-6-12-27(19)21)22(28)24-15-18-8-4-3-7-17(18)2/h3-4,7-8,16H,5-6,9-15H2,1-2H3,(H,24,28). The van der Waals surface area contributed by atoms with Gasteiger partial charge in [0.1, 0.15) is 5.69 Å². The maximum Gasteiger partial charge on any atom is 0.289 e. The molecule has 1 aromatic heterocycles. The van der Waals surface area contributed by atoms with Crippen molar-refractivity contribution in [2.75, 3.05) is 13.1 Å². The number of nitrogens with one attached hydrogen (secondary N) is 1. The maximum atomic E-state index is 13.1. The molecule has 1 N–H and O–H groups in total. The third-order valence-corrected chi connectivity index (χ3v) is 6.30. The summed E-state index contributed by atoms with van der Waals surface area (Å²) in [7, 11) is 0. The molecule has 1 fully saturated rings. The Morgan fingerprint density at radius 1 is 1.14 bits per heavy atom. The molecule has 2 amide bonds. The molecule has 6 nitrogen and oxygen atoms in total. The second kappa shape index (κ2) is 8.39. The molecule has 2 aliphatic heterocycles. The first-order chi connectivity index (χ1) is 14.0. The van der Waals surface area contributed by atoms with Crippen LogP contribution in [0.1, 0.15) is 70.5 Å². The average molecular weight is 395 g/mol. The summed E-state index contributed by atoms with van der Waals surface area (Å²) in [5, 5.41) is 3.00. The van der Waals surface area contributed by atoms with E-state index in [2.05, 4.69) is 17.2 Å². The summed E-state index contributed by atoms with van der Waals surface area (Å²) in [5.74, 6) is 0.884. The number of piperidine rings is 1. The fraction of sp³-hybridized carbons (Fsp3) is 0.522. The zero-order valence-electron chi connectivity index (χ0n) is 17.4. The van der Waals surface area contributed by atoms with Crippen molar-refractivity contribution < 1.29 is 9.59 Å². The normalized spacial score (nSPS) is 17.1. The molecule has 1 saturated heterocycles. The van der Waals surface area contributed by atoms with Gasteiger partial charge in [-0.2, -0.15) is 0 Å². The highest BCUT2D eigenvalue weighted by Crippen LogP contribution is 2.24. The number of likely N-dealkylation sites (tertiary alicyclic amines) is 1. The SMILES string of the molecule is Cc1ccccc1CNC(=O)c1nc(C(=O)N2CCC(C)CC2)n2c1CCCC2. The van der Waals surface area contributed by atoms with E-state index in [0.717, 1.165) is 68.6 Å². The Labute approximate surface area is 172 Å². The van der Waals surface area contributed by atoms with Crippen LogP contribution >= 0.6 is 0 Å². The highest BCUT2D eigenvalue weighted by Gasteiger charge is 2.31. The van der Waals surface area contributed by atoms with Crippen LogP contribution in [0.3, 0.4) is 0 Å². The van der Waals surface area contributed by atoms with Gasteiger partial charge in [-0.1, -0.05) is 31.2 Å². The summed E-state index contributed by atoms with van der Waals surface area (Å²) in [6.07, 6.45) is 4.90. The second-order valence-corrected chi connectivity index (χ2v) is 8.42. The highest BCUT2D eigenvalue weighted by molar-refractivity contribution is 5.97. The van der Waals surface area contributed by atoms with Gasteiger partial charge in [0.2, 0.25) is 0 Å². The summed E-state index contributed by atoms with van der Waals surface area (Å²) in [4.78, 5) is 32.6. The van der Waals surface area contributed by atoms with Crippen molar-refractivity contribution in [3.63, 3.8) is 0 Å². The number of carbonyl (C=O) groups excluding carboxylic acids is 2. The Morgan fingerprint density at radius 3 is 2.66 bits per heavy atom.